The maximum Gasteiger partial charge on any atom is 0.295 e. The van der Waals surface area contributed by atoms with E-state index in [1.54, 1.807) is 18.6 Å². The molecule has 0 unspecified atom stereocenters. The van der Waals surface area contributed by atoms with Crippen molar-refractivity contribution in [1.29, 1.82) is 0 Å². The van der Waals surface area contributed by atoms with E-state index in [0.29, 0.717) is 6.54 Å². The number of morpholine rings is 1. The minimum Gasteiger partial charge on any atom is -0.370 e. The van der Waals surface area contributed by atoms with Gasteiger partial charge in [-0.3, -0.25) is 9.78 Å². The summed E-state index contributed by atoms with van der Waals surface area (Å²) >= 11 is 0. The van der Waals surface area contributed by atoms with E-state index in [0.717, 1.165) is 31.9 Å². The highest BCUT2D eigenvalue weighted by Crippen LogP contribution is 1.89. The van der Waals surface area contributed by atoms with E-state index in [1.807, 2.05) is 12.1 Å². The first-order chi connectivity index (χ1) is 8.84. The number of pyridine rings is 1. The summed E-state index contributed by atoms with van der Waals surface area (Å²) in [5, 5.41) is 3.91. The van der Waals surface area contributed by atoms with Gasteiger partial charge < -0.3 is 9.64 Å². The molecule has 0 aromatic carbocycles. The van der Waals surface area contributed by atoms with Gasteiger partial charge >= 0.3 is 0 Å². The number of ether oxygens (including phenoxy) is 1. The van der Waals surface area contributed by atoms with Gasteiger partial charge in [-0.2, -0.15) is 5.10 Å². The molecular formula is C12H17N4O2+. The number of hydrogen-bond acceptors (Lipinski definition) is 4. The molecule has 0 atom stereocenters. The fraction of sp³-hybridized carbons (Fsp3) is 0.417. The lowest BCUT2D eigenvalue weighted by atomic mass is 10.3. The predicted molar refractivity (Wildman–Crippen MR) is 66.4 cm³/mol. The fourth-order valence-corrected chi connectivity index (χ4v) is 1.73. The molecule has 0 aliphatic carbocycles. The maximum atomic E-state index is 11.6. The highest BCUT2D eigenvalue weighted by Gasteiger charge is 2.16. The first-order valence-corrected chi connectivity index (χ1v) is 5.98. The molecule has 96 valence electrons. The largest absolute Gasteiger partial charge is 0.370 e. The molecule has 2 rings (SSSR count). The summed E-state index contributed by atoms with van der Waals surface area (Å²) in [7, 11) is 0. The van der Waals surface area contributed by atoms with Crippen molar-refractivity contribution in [2.45, 2.75) is 0 Å². The number of carbonyl (C=O) groups is 1. The van der Waals surface area contributed by atoms with Crippen LogP contribution in [0.2, 0.25) is 0 Å². The second-order valence-electron chi connectivity index (χ2n) is 4.11. The van der Waals surface area contributed by atoms with Crippen molar-refractivity contribution in [1.82, 2.24) is 10.4 Å². The Morgan fingerprint density at radius 2 is 2.17 bits per heavy atom. The highest BCUT2D eigenvalue weighted by atomic mass is 16.5. The van der Waals surface area contributed by atoms with Crippen LogP contribution in [0.25, 0.3) is 0 Å². The zero-order chi connectivity index (χ0) is 12.6. The molecule has 0 bridgehead atoms. The van der Waals surface area contributed by atoms with Crippen LogP contribution in [-0.4, -0.2) is 50.0 Å². The number of amides is 1. The van der Waals surface area contributed by atoms with Crippen LogP contribution >= 0.6 is 0 Å². The quantitative estimate of drug-likeness (QED) is 0.501. The number of quaternary nitrogens is 1. The molecule has 0 radical (unpaired) electrons. The van der Waals surface area contributed by atoms with Crippen LogP contribution in [0.5, 0.6) is 0 Å². The van der Waals surface area contributed by atoms with Crippen LogP contribution in [0.3, 0.4) is 0 Å². The number of nitrogens with zero attached hydrogens (tertiary/aromatic N) is 2. The molecule has 6 heteroatoms. The van der Waals surface area contributed by atoms with Crippen LogP contribution in [0.4, 0.5) is 0 Å². The average Bonchev–Trinajstić information content (AvgIpc) is 2.41. The monoisotopic (exact) mass is 249 g/mol. The van der Waals surface area contributed by atoms with Crippen LogP contribution < -0.4 is 10.3 Å². The van der Waals surface area contributed by atoms with E-state index in [4.69, 9.17) is 4.74 Å². The smallest absolute Gasteiger partial charge is 0.295 e. The summed E-state index contributed by atoms with van der Waals surface area (Å²) in [5.41, 5.74) is 3.43. The number of aromatic nitrogens is 1. The van der Waals surface area contributed by atoms with E-state index in [1.165, 1.54) is 4.90 Å². The Morgan fingerprint density at radius 1 is 1.44 bits per heavy atom. The SMILES string of the molecule is O=C(C[NH+]1CCOCC1)NN=Cc1ccncc1. The Kier molecular flexibility index (Phi) is 4.80. The maximum absolute atomic E-state index is 11.6. The average molecular weight is 249 g/mol. The number of carbonyl (C=O) groups excluding carboxylic acids is 1. The van der Waals surface area contributed by atoms with Crippen molar-refractivity contribution in [3.8, 4) is 0 Å². The standard InChI is InChI=1S/C12H16N4O2/c17-12(10-16-5-7-18-8-6-16)15-14-9-11-1-3-13-4-2-11/h1-4,9H,5-8,10H2,(H,15,17)/p+1. The van der Waals surface area contributed by atoms with Gasteiger partial charge in [0.25, 0.3) is 5.91 Å². The zero-order valence-electron chi connectivity index (χ0n) is 10.1. The van der Waals surface area contributed by atoms with Crippen molar-refractivity contribution < 1.29 is 14.4 Å². The molecule has 0 saturated carbocycles. The van der Waals surface area contributed by atoms with Crippen LogP contribution in [-0.2, 0) is 9.53 Å². The Hall–Kier alpha value is -1.79. The van der Waals surface area contributed by atoms with Gasteiger partial charge in [-0.25, -0.2) is 5.43 Å². The second-order valence-corrected chi connectivity index (χ2v) is 4.11. The van der Waals surface area contributed by atoms with Gasteiger partial charge in [0, 0.05) is 12.4 Å². The Labute approximate surface area is 106 Å². The lowest BCUT2D eigenvalue weighted by molar-refractivity contribution is -0.900. The van der Waals surface area contributed by atoms with Crippen molar-refractivity contribution in [2.75, 3.05) is 32.8 Å². The van der Waals surface area contributed by atoms with Crippen molar-refractivity contribution in [3.63, 3.8) is 0 Å². The van der Waals surface area contributed by atoms with E-state index < -0.39 is 0 Å². The number of rotatable bonds is 4. The molecule has 1 saturated heterocycles. The third kappa shape index (κ3) is 4.23. The summed E-state index contributed by atoms with van der Waals surface area (Å²) < 4.78 is 5.23. The van der Waals surface area contributed by atoms with Gasteiger partial charge in [-0.15, -0.1) is 0 Å². The predicted octanol–water partition coefficient (Wildman–Crippen LogP) is -1.55. The van der Waals surface area contributed by atoms with Crippen molar-refractivity contribution in [2.24, 2.45) is 5.10 Å². The summed E-state index contributed by atoms with van der Waals surface area (Å²) in [6.45, 7) is 3.64. The van der Waals surface area contributed by atoms with Gasteiger partial charge in [0.2, 0.25) is 0 Å². The minimum absolute atomic E-state index is 0.0720. The minimum atomic E-state index is -0.0720. The van der Waals surface area contributed by atoms with Gasteiger partial charge in [0.15, 0.2) is 6.54 Å². The third-order valence-electron chi connectivity index (χ3n) is 2.72. The number of hydrogen-bond donors (Lipinski definition) is 2. The van der Waals surface area contributed by atoms with Gasteiger partial charge in [-0.1, -0.05) is 0 Å². The summed E-state index contributed by atoms with van der Waals surface area (Å²) in [6.07, 6.45) is 4.97. The second kappa shape index (κ2) is 6.83. The summed E-state index contributed by atoms with van der Waals surface area (Å²) in [6, 6.07) is 3.64. The Bertz CT molecular complexity index is 402. The van der Waals surface area contributed by atoms with E-state index in [2.05, 4.69) is 15.5 Å². The lowest BCUT2D eigenvalue weighted by Gasteiger charge is -2.22. The van der Waals surface area contributed by atoms with Crippen LogP contribution in [0, 0.1) is 0 Å². The first kappa shape index (κ1) is 12.7. The van der Waals surface area contributed by atoms with Crippen LogP contribution in [0.15, 0.2) is 29.6 Å². The van der Waals surface area contributed by atoms with E-state index in [9.17, 15) is 4.79 Å². The molecule has 0 spiro atoms. The zero-order valence-corrected chi connectivity index (χ0v) is 10.1. The van der Waals surface area contributed by atoms with Gasteiger partial charge in [-0.05, 0) is 17.7 Å². The summed E-state index contributed by atoms with van der Waals surface area (Å²) in [4.78, 5) is 16.7. The molecular weight excluding hydrogens is 232 g/mol. The molecule has 1 amide bonds. The molecule has 1 aromatic heterocycles. The molecule has 1 fully saturated rings. The van der Waals surface area contributed by atoms with Crippen LogP contribution in [0.1, 0.15) is 5.56 Å². The summed E-state index contributed by atoms with van der Waals surface area (Å²) in [5.74, 6) is -0.0720. The normalized spacial score (nSPS) is 16.9. The highest BCUT2D eigenvalue weighted by molar-refractivity contribution is 5.82. The molecule has 18 heavy (non-hydrogen) atoms. The van der Waals surface area contributed by atoms with Crippen molar-refractivity contribution in [3.05, 3.63) is 30.1 Å². The first-order valence-electron chi connectivity index (χ1n) is 5.98. The van der Waals surface area contributed by atoms with E-state index >= 15 is 0 Å². The van der Waals surface area contributed by atoms with Gasteiger partial charge in [0.1, 0.15) is 13.1 Å². The Morgan fingerprint density at radius 3 is 2.89 bits per heavy atom. The van der Waals surface area contributed by atoms with E-state index in [-0.39, 0.29) is 5.91 Å². The van der Waals surface area contributed by atoms with Gasteiger partial charge in [0.05, 0.1) is 19.4 Å². The lowest BCUT2D eigenvalue weighted by Crippen LogP contribution is -3.15. The topological polar surface area (TPSA) is 68.0 Å². The fourth-order valence-electron chi connectivity index (χ4n) is 1.73. The molecule has 1 aliphatic rings. The number of hydrazone groups is 1. The molecule has 6 nitrogen and oxygen atoms in total. The molecule has 1 aromatic rings. The molecule has 2 heterocycles. The Balaban J connectivity index is 1.72. The molecule has 2 N–H and O–H groups in total. The molecule has 1 aliphatic heterocycles. The van der Waals surface area contributed by atoms with Crippen molar-refractivity contribution >= 4 is 12.1 Å². The number of nitrogens with one attached hydrogen (secondary N) is 2. The third-order valence-corrected chi connectivity index (χ3v) is 2.72.